The fourth-order valence-electron chi connectivity index (χ4n) is 5.29. The molecule has 2 aliphatic heterocycles. The summed E-state index contributed by atoms with van der Waals surface area (Å²) in [5.41, 5.74) is 10.7. The van der Waals surface area contributed by atoms with Crippen LogP contribution in [0.4, 0.5) is 5.82 Å². The molecule has 0 amide bonds. The van der Waals surface area contributed by atoms with E-state index in [9.17, 15) is 0 Å². The number of nitrogens with one attached hydrogen (secondary N) is 1. The van der Waals surface area contributed by atoms with Gasteiger partial charge in [-0.05, 0) is 38.7 Å². The van der Waals surface area contributed by atoms with Crippen molar-refractivity contribution in [2.45, 2.75) is 57.3 Å². The first-order chi connectivity index (χ1) is 14.6. The van der Waals surface area contributed by atoms with Crippen molar-refractivity contribution in [3.63, 3.8) is 0 Å². The van der Waals surface area contributed by atoms with E-state index in [1.165, 1.54) is 12.8 Å². The molecule has 6 rings (SSSR count). The van der Waals surface area contributed by atoms with E-state index in [0.29, 0.717) is 23.1 Å². The largest absolute Gasteiger partial charge is 0.349 e. The molecule has 2 fully saturated rings. The molecule has 7 nitrogen and oxygen atoms in total. The first kappa shape index (κ1) is 18.2. The second-order valence-electron chi connectivity index (χ2n) is 8.50. The molecule has 2 aliphatic rings. The first-order valence-electron chi connectivity index (χ1n) is 10.7. The standard InChI is InChI=1S/C22H24ClN7/c1-2-29-11-17-18(28-29)6-5-15(20(17)23)16-9-26-22-21(16)25-10-19(27-22)30-13-3-4-14(30)8-12(24)7-13/h5-6,9-14H,2-4,7-8,24H2,1H3,(H,26,27)/t12-,13-,14+. The summed E-state index contributed by atoms with van der Waals surface area (Å²) in [7, 11) is 0. The van der Waals surface area contributed by atoms with E-state index in [0.717, 1.165) is 58.4 Å². The number of fused-ring (bicyclic) bond motifs is 4. The monoisotopic (exact) mass is 421 g/mol. The van der Waals surface area contributed by atoms with Gasteiger partial charge in [0.2, 0.25) is 0 Å². The number of nitrogens with two attached hydrogens (primary N) is 1. The van der Waals surface area contributed by atoms with E-state index in [1.54, 1.807) is 0 Å². The zero-order valence-electron chi connectivity index (χ0n) is 16.8. The summed E-state index contributed by atoms with van der Waals surface area (Å²) in [6.45, 7) is 2.88. The van der Waals surface area contributed by atoms with Gasteiger partial charge in [-0.25, -0.2) is 9.97 Å². The second-order valence-corrected chi connectivity index (χ2v) is 8.87. The summed E-state index contributed by atoms with van der Waals surface area (Å²) in [4.78, 5) is 15.5. The molecule has 2 saturated heterocycles. The van der Waals surface area contributed by atoms with Crippen molar-refractivity contribution in [1.29, 1.82) is 0 Å². The van der Waals surface area contributed by atoms with Gasteiger partial charge in [0.15, 0.2) is 5.65 Å². The van der Waals surface area contributed by atoms with E-state index in [2.05, 4.69) is 21.9 Å². The van der Waals surface area contributed by atoms with Crippen LogP contribution >= 0.6 is 11.6 Å². The minimum absolute atomic E-state index is 0.307. The number of aryl methyl sites for hydroxylation is 1. The third-order valence-electron chi connectivity index (χ3n) is 6.69. The lowest BCUT2D eigenvalue weighted by Crippen LogP contribution is -2.47. The van der Waals surface area contributed by atoms with Crippen LogP contribution in [-0.2, 0) is 6.54 Å². The van der Waals surface area contributed by atoms with Gasteiger partial charge in [0.25, 0.3) is 0 Å². The molecule has 8 heteroatoms. The average Bonchev–Trinajstić information content (AvgIpc) is 3.42. The quantitative estimate of drug-likeness (QED) is 0.519. The predicted octanol–water partition coefficient (Wildman–Crippen LogP) is 4.11. The molecular formula is C22H24ClN7. The van der Waals surface area contributed by atoms with Crippen LogP contribution in [0, 0.1) is 0 Å². The zero-order chi connectivity index (χ0) is 20.4. The third-order valence-corrected chi connectivity index (χ3v) is 7.09. The summed E-state index contributed by atoms with van der Waals surface area (Å²) in [6, 6.07) is 5.29. The molecule has 3 N–H and O–H groups in total. The molecule has 0 aliphatic carbocycles. The number of hydrogen-bond donors (Lipinski definition) is 2. The molecule has 4 aromatic rings. The smallest absolute Gasteiger partial charge is 0.159 e. The molecule has 1 aromatic carbocycles. The highest BCUT2D eigenvalue weighted by atomic mass is 35.5. The highest BCUT2D eigenvalue weighted by Gasteiger charge is 2.40. The third kappa shape index (κ3) is 2.65. The number of H-pyrrole nitrogens is 1. The Kier molecular flexibility index (Phi) is 4.05. The van der Waals surface area contributed by atoms with Gasteiger partial charge in [-0.3, -0.25) is 4.68 Å². The molecule has 3 aromatic heterocycles. The Morgan fingerprint density at radius 1 is 1.20 bits per heavy atom. The lowest BCUT2D eigenvalue weighted by molar-refractivity contribution is 0.412. The van der Waals surface area contributed by atoms with Crippen molar-refractivity contribution in [2.24, 2.45) is 5.73 Å². The van der Waals surface area contributed by atoms with Crippen LogP contribution in [0.2, 0.25) is 5.02 Å². The number of rotatable bonds is 3. The SMILES string of the molecule is CCn1cc2c(Cl)c(-c3c[nH]c4nc(N5[C@@H]6CC[C@H]5C[C@H](N)C6)cnc34)ccc2n1. The summed E-state index contributed by atoms with van der Waals surface area (Å²) in [5, 5.41) is 6.20. The fourth-order valence-corrected chi connectivity index (χ4v) is 5.60. The zero-order valence-corrected chi connectivity index (χ0v) is 17.6. The predicted molar refractivity (Wildman–Crippen MR) is 120 cm³/mol. The van der Waals surface area contributed by atoms with Crippen molar-refractivity contribution in [1.82, 2.24) is 24.7 Å². The molecule has 0 saturated carbocycles. The number of anilines is 1. The van der Waals surface area contributed by atoms with E-state index >= 15 is 0 Å². The van der Waals surface area contributed by atoms with Crippen LogP contribution in [0.25, 0.3) is 33.2 Å². The minimum atomic E-state index is 0.307. The van der Waals surface area contributed by atoms with Crippen LogP contribution in [0.3, 0.4) is 0 Å². The number of aromatic nitrogens is 5. The molecule has 154 valence electrons. The number of piperidine rings is 1. The number of aromatic amines is 1. The van der Waals surface area contributed by atoms with Crippen molar-refractivity contribution >= 4 is 39.5 Å². The highest BCUT2D eigenvalue weighted by Crippen LogP contribution is 2.40. The maximum absolute atomic E-state index is 6.78. The number of hydrogen-bond acceptors (Lipinski definition) is 5. The van der Waals surface area contributed by atoms with Gasteiger partial charge in [0.1, 0.15) is 11.3 Å². The van der Waals surface area contributed by atoms with E-state index in [1.807, 2.05) is 35.4 Å². The fraction of sp³-hybridized carbons (Fsp3) is 0.409. The van der Waals surface area contributed by atoms with Gasteiger partial charge in [0, 0.05) is 53.6 Å². The van der Waals surface area contributed by atoms with Crippen LogP contribution in [0.5, 0.6) is 0 Å². The van der Waals surface area contributed by atoms with Crippen molar-refractivity contribution in [2.75, 3.05) is 4.90 Å². The van der Waals surface area contributed by atoms with E-state index in [-0.39, 0.29) is 0 Å². The van der Waals surface area contributed by atoms with Crippen molar-refractivity contribution in [3.8, 4) is 11.1 Å². The van der Waals surface area contributed by atoms with E-state index < -0.39 is 0 Å². The maximum atomic E-state index is 6.78. The van der Waals surface area contributed by atoms with Crippen molar-refractivity contribution in [3.05, 3.63) is 35.7 Å². The Balaban J connectivity index is 1.41. The van der Waals surface area contributed by atoms with Crippen LogP contribution in [-0.4, -0.2) is 42.9 Å². The lowest BCUT2D eigenvalue weighted by atomic mass is 9.98. The molecule has 2 bridgehead atoms. The first-order valence-corrected chi connectivity index (χ1v) is 11.0. The Hall–Kier alpha value is -2.64. The van der Waals surface area contributed by atoms with Gasteiger partial charge >= 0.3 is 0 Å². The Labute approximate surface area is 179 Å². The maximum Gasteiger partial charge on any atom is 0.159 e. The van der Waals surface area contributed by atoms with E-state index in [4.69, 9.17) is 27.3 Å². The Bertz CT molecular complexity index is 1250. The molecule has 0 spiro atoms. The minimum Gasteiger partial charge on any atom is -0.349 e. The normalized spacial score (nSPS) is 23.7. The van der Waals surface area contributed by atoms with Crippen molar-refractivity contribution < 1.29 is 0 Å². The Morgan fingerprint density at radius 3 is 2.77 bits per heavy atom. The van der Waals surface area contributed by atoms with Crippen LogP contribution in [0.1, 0.15) is 32.6 Å². The Morgan fingerprint density at radius 2 is 2.00 bits per heavy atom. The molecular weight excluding hydrogens is 398 g/mol. The highest BCUT2D eigenvalue weighted by molar-refractivity contribution is 6.38. The average molecular weight is 422 g/mol. The van der Waals surface area contributed by atoms with Crippen LogP contribution < -0.4 is 10.6 Å². The molecule has 30 heavy (non-hydrogen) atoms. The number of nitrogens with zero attached hydrogens (tertiary/aromatic N) is 5. The molecule has 5 heterocycles. The lowest BCUT2D eigenvalue weighted by Gasteiger charge is -2.38. The molecule has 0 unspecified atom stereocenters. The van der Waals surface area contributed by atoms with Gasteiger partial charge in [-0.15, -0.1) is 0 Å². The summed E-state index contributed by atoms with van der Waals surface area (Å²) in [5.74, 6) is 0.945. The van der Waals surface area contributed by atoms with Crippen LogP contribution in [0.15, 0.2) is 30.7 Å². The topological polar surface area (TPSA) is 88.7 Å². The summed E-state index contributed by atoms with van der Waals surface area (Å²) >= 11 is 6.78. The van der Waals surface area contributed by atoms with Gasteiger partial charge in [-0.2, -0.15) is 5.10 Å². The molecule has 0 radical (unpaired) electrons. The van der Waals surface area contributed by atoms with Gasteiger partial charge < -0.3 is 15.6 Å². The summed E-state index contributed by atoms with van der Waals surface area (Å²) in [6.07, 6.45) is 10.3. The second kappa shape index (κ2) is 6.68. The molecule has 3 atom stereocenters. The summed E-state index contributed by atoms with van der Waals surface area (Å²) < 4.78 is 1.90. The van der Waals surface area contributed by atoms with Gasteiger partial charge in [0.05, 0.1) is 16.7 Å². The number of benzene rings is 1. The number of halogens is 1. The van der Waals surface area contributed by atoms with Gasteiger partial charge in [-0.1, -0.05) is 17.7 Å².